The second-order valence-electron chi connectivity index (χ2n) is 5.63. The van der Waals surface area contributed by atoms with Gasteiger partial charge in [0, 0.05) is 12.5 Å². The van der Waals surface area contributed by atoms with Gasteiger partial charge in [0.15, 0.2) is 0 Å². The minimum Gasteiger partial charge on any atom is -0.469 e. The SMILES string of the molecule is CC(Cc1ccco1)NCC1CC2C=CC1C2. The highest BCUT2D eigenvalue weighted by atomic mass is 16.3. The zero-order chi connectivity index (χ0) is 11.7. The summed E-state index contributed by atoms with van der Waals surface area (Å²) in [7, 11) is 0. The van der Waals surface area contributed by atoms with Gasteiger partial charge in [-0.15, -0.1) is 0 Å². The molecular formula is C15H21NO. The molecule has 1 aromatic heterocycles. The number of nitrogens with one attached hydrogen (secondary N) is 1. The first-order valence-corrected chi connectivity index (χ1v) is 6.75. The largest absolute Gasteiger partial charge is 0.469 e. The van der Waals surface area contributed by atoms with Gasteiger partial charge in [-0.05, 0) is 56.2 Å². The van der Waals surface area contributed by atoms with Crippen LogP contribution in [0.3, 0.4) is 0 Å². The van der Waals surface area contributed by atoms with Gasteiger partial charge in [-0.25, -0.2) is 0 Å². The monoisotopic (exact) mass is 231 g/mol. The lowest BCUT2D eigenvalue weighted by Crippen LogP contribution is -2.33. The van der Waals surface area contributed by atoms with Gasteiger partial charge in [-0.2, -0.15) is 0 Å². The molecule has 2 aliphatic carbocycles. The smallest absolute Gasteiger partial charge is 0.105 e. The van der Waals surface area contributed by atoms with Crippen molar-refractivity contribution in [1.29, 1.82) is 0 Å². The average molecular weight is 231 g/mol. The zero-order valence-electron chi connectivity index (χ0n) is 10.4. The van der Waals surface area contributed by atoms with Crippen molar-refractivity contribution in [2.24, 2.45) is 17.8 Å². The Balaban J connectivity index is 1.44. The third-order valence-corrected chi connectivity index (χ3v) is 4.23. The van der Waals surface area contributed by atoms with Gasteiger partial charge in [0.2, 0.25) is 0 Å². The molecule has 0 saturated heterocycles. The van der Waals surface area contributed by atoms with E-state index in [1.807, 2.05) is 6.07 Å². The van der Waals surface area contributed by atoms with Crippen molar-refractivity contribution in [3.05, 3.63) is 36.3 Å². The molecule has 0 spiro atoms. The number of furan rings is 1. The molecular weight excluding hydrogens is 210 g/mol. The van der Waals surface area contributed by atoms with Crippen LogP contribution in [-0.4, -0.2) is 12.6 Å². The van der Waals surface area contributed by atoms with Crippen LogP contribution in [0.2, 0.25) is 0 Å². The summed E-state index contributed by atoms with van der Waals surface area (Å²) >= 11 is 0. The van der Waals surface area contributed by atoms with Crippen LogP contribution in [-0.2, 0) is 6.42 Å². The summed E-state index contributed by atoms with van der Waals surface area (Å²) in [6, 6.07) is 4.52. The molecule has 1 heterocycles. The van der Waals surface area contributed by atoms with Gasteiger partial charge in [0.1, 0.15) is 5.76 Å². The van der Waals surface area contributed by atoms with E-state index in [-0.39, 0.29) is 0 Å². The maximum atomic E-state index is 5.37. The predicted molar refractivity (Wildman–Crippen MR) is 68.7 cm³/mol. The van der Waals surface area contributed by atoms with E-state index in [2.05, 4.69) is 30.5 Å². The minimum absolute atomic E-state index is 0.504. The van der Waals surface area contributed by atoms with Crippen molar-refractivity contribution in [1.82, 2.24) is 5.32 Å². The normalized spacial score (nSPS) is 32.2. The Morgan fingerprint density at radius 2 is 2.35 bits per heavy atom. The van der Waals surface area contributed by atoms with Gasteiger partial charge >= 0.3 is 0 Å². The van der Waals surface area contributed by atoms with E-state index in [4.69, 9.17) is 4.42 Å². The van der Waals surface area contributed by atoms with Crippen molar-refractivity contribution in [3.8, 4) is 0 Å². The molecule has 0 amide bonds. The van der Waals surface area contributed by atoms with Crippen LogP contribution in [0.15, 0.2) is 35.0 Å². The van der Waals surface area contributed by atoms with Crippen LogP contribution < -0.4 is 5.32 Å². The molecule has 1 fully saturated rings. The molecule has 1 aromatic rings. The minimum atomic E-state index is 0.504. The van der Waals surface area contributed by atoms with Crippen molar-refractivity contribution < 1.29 is 4.42 Å². The van der Waals surface area contributed by atoms with E-state index >= 15 is 0 Å². The van der Waals surface area contributed by atoms with Crippen LogP contribution in [0, 0.1) is 17.8 Å². The van der Waals surface area contributed by atoms with Gasteiger partial charge in [-0.1, -0.05) is 12.2 Å². The lowest BCUT2D eigenvalue weighted by molar-refractivity contribution is 0.378. The maximum absolute atomic E-state index is 5.37. The molecule has 0 aromatic carbocycles. The van der Waals surface area contributed by atoms with E-state index in [1.54, 1.807) is 6.26 Å². The molecule has 0 aliphatic heterocycles. The molecule has 3 rings (SSSR count). The molecule has 2 aliphatic rings. The molecule has 2 nitrogen and oxygen atoms in total. The number of allylic oxidation sites excluding steroid dienone is 2. The number of fused-ring (bicyclic) bond motifs is 2. The summed E-state index contributed by atoms with van der Waals surface area (Å²) in [5.74, 6) is 3.68. The van der Waals surface area contributed by atoms with Crippen molar-refractivity contribution in [2.75, 3.05) is 6.54 Å². The Labute approximate surface area is 103 Å². The highest BCUT2D eigenvalue weighted by molar-refractivity contribution is 5.10. The van der Waals surface area contributed by atoms with Crippen molar-refractivity contribution in [2.45, 2.75) is 32.2 Å². The lowest BCUT2D eigenvalue weighted by Gasteiger charge is -2.21. The standard InChI is InChI=1S/C15H21NO/c1-11(7-15-3-2-6-17-15)16-10-14-9-12-4-5-13(14)8-12/h2-6,11-14,16H,7-10H2,1H3. The van der Waals surface area contributed by atoms with Crippen LogP contribution in [0.1, 0.15) is 25.5 Å². The second-order valence-corrected chi connectivity index (χ2v) is 5.63. The Kier molecular flexibility index (Phi) is 3.06. The molecule has 1 N–H and O–H groups in total. The first-order chi connectivity index (χ1) is 8.31. The Morgan fingerprint density at radius 3 is 3.00 bits per heavy atom. The number of hydrogen-bond acceptors (Lipinski definition) is 2. The summed E-state index contributed by atoms with van der Waals surface area (Å²) in [6.07, 6.45) is 10.4. The first-order valence-electron chi connectivity index (χ1n) is 6.75. The number of hydrogen-bond donors (Lipinski definition) is 1. The summed E-state index contributed by atoms with van der Waals surface area (Å²) in [5.41, 5.74) is 0. The Morgan fingerprint density at radius 1 is 1.41 bits per heavy atom. The predicted octanol–water partition coefficient (Wildman–Crippen LogP) is 3.01. The molecule has 1 saturated carbocycles. The lowest BCUT2D eigenvalue weighted by atomic mass is 9.93. The van der Waals surface area contributed by atoms with Crippen LogP contribution in [0.5, 0.6) is 0 Å². The fraction of sp³-hybridized carbons (Fsp3) is 0.600. The zero-order valence-corrected chi connectivity index (χ0v) is 10.4. The van der Waals surface area contributed by atoms with Crippen molar-refractivity contribution >= 4 is 0 Å². The van der Waals surface area contributed by atoms with Gasteiger partial charge in [0.05, 0.1) is 6.26 Å². The summed E-state index contributed by atoms with van der Waals surface area (Å²) < 4.78 is 5.37. The maximum Gasteiger partial charge on any atom is 0.105 e. The quantitative estimate of drug-likeness (QED) is 0.788. The molecule has 2 bridgehead atoms. The fourth-order valence-corrected chi connectivity index (χ4v) is 3.28. The first kappa shape index (κ1) is 11.1. The highest BCUT2D eigenvalue weighted by Gasteiger charge is 2.35. The molecule has 4 unspecified atom stereocenters. The van der Waals surface area contributed by atoms with Gasteiger partial charge in [0.25, 0.3) is 0 Å². The van der Waals surface area contributed by atoms with Crippen molar-refractivity contribution in [3.63, 3.8) is 0 Å². The topological polar surface area (TPSA) is 25.2 Å². The van der Waals surface area contributed by atoms with E-state index < -0.39 is 0 Å². The van der Waals surface area contributed by atoms with Crippen LogP contribution in [0.25, 0.3) is 0 Å². The summed E-state index contributed by atoms with van der Waals surface area (Å²) in [4.78, 5) is 0. The average Bonchev–Trinajstić information content (AvgIpc) is 3.02. The summed E-state index contributed by atoms with van der Waals surface area (Å²) in [5, 5.41) is 3.65. The van der Waals surface area contributed by atoms with Crippen LogP contribution in [0.4, 0.5) is 0 Å². The van der Waals surface area contributed by atoms with Gasteiger partial charge in [-0.3, -0.25) is 0 Å². The highest BCUT2D eigenvalue weighted by Crippen LogP contribution is 2.42. The van der Waals surface area contributed by atoms with E-state index in [0.29, 0.717) is 6.04 Å². The van der Waals surface area contributed by atoms with Crippen LogP contribution >= 0.6 is 0 Å². The van der Waals surface area contributed by atoms with Gasteiger partial charge < -0.3 is 9.73 Å². The number of rotatable bonds is 5. The summed E-state index contributed by atoms with van der Waals surface area (Å²) in [6.45, 7) is 3.40. The third kappa shape index (κ3) is 2.47. The third-order valence-electron chi connectivity index (χ3n) is 4.23. The molecule has 0 radical (unpaired) electrons. The Bertz CT molecular complexity index is 382. The molecule has 4 atom stereocenters. The molecule has 92 valence electrons. The Hall–Kier alpha value is -1.02. The fourth-order valence-electron chi connectivity index (χ4n) is 3.28. The second kappa shape index (κ2) is 4.69. The van der Waals surface area contributed by atoms with E-state index in [0.717, 1.165) is 36.5 Å². The van der Waals surface area contributed by atoms with E-state index in [9.17, 15) is 0 Å². The molecule has 2 heteroatoms. The molecule has 17 heavy (non-hydrogen) atoms. The van der Waals surface area contributed by atoms with E-state index in [1.165, 1.54) is 12.8 Å².